The summed E-state index contributed by atoms with van der Waals surface area (Å²) >= 11 is 0. The van der Waals surface area contributed by atoms with E-state index in [9.17, 15) is 9.59 Å². The van der Waals surface area contributed by atoms with Crippen molar-refractivity contribution < 1.29 is 9.59 Å². The van der Waals surface area contributed by atoms with Crippen molar-refractivity contribution in [2.24, 2.45) is 11.5 Å². The summed E-state index contributed by atoms with van der Waals surface area (Å²) in [5.74, 6) is -0.565. The van der Waals surface area contributed by atoms with Gasteiger partial charge < -0.3 is 16.8 Å². The van der Waals surface area contributed by atoms with Crippen molar-refractivity contribution in [3.63, 3.8) is 0 Å². The van der Waals surface area contributed by atoms with E-state index in [1.165, 1.54) is 0 Å². The summed E-state index contributed by atoms with van der Waals surface area (Å²) in [7, 11) is 0. The van der Waals surface area contributed by atoms with Crippen LogP contribution in [-0.2, 0) is 4.79 Å². The van der Waals surface area contributed by atoms with Crippen LogP contribution in [0.15, 0.2) is 24.3 Å². The number of likely N-dealkylation sites (tertiary alicyclic amines) is 1. The summed E-state index contributed by atoms with van der Waals surface area (Å²) < 4.78 is 0. The number of rotatable bonds is 4. The van der Waals surface area contributed by atoms with Gasteiger partial charge in [-0.25, -0.2) is 0 Å². The Hall–Kier alpha value is -1.92. The second kappa shape index (κ2) is 5.81. The molecule has 0 saturated carbocycles. The van der Waals surface area contributed by atoms with Crippen LogP contribution in [0.3, 0.4) is 0 Å². The lowest BCUT2D eigenvalue weighted by Gasteiger charge is -2.14. The van der Waals surface area contributed by atoms with Crippen molar-refractivity contribution in [1.82, 2.24) is 4.90 Å². The zero-order chi connectivity index (χ0) is 13.8. The number of nitrogens with one attached hydrogen (secondary N) is 1. The number of nitrogens with zero attached hydrogens (tertiary/aromatic N) is 1. The Labute approximate surface area is 111 Å². The minimum atomic E-state index is -0.482. The van der Waals surface area contributed by atoms with Crippen LogP contribution >= 0.6 is 0 Å². The Morgan fingerprint density at radius 1 is 1.32 bits per heavy atom. The lowest BCUT2D eigenvalue weighted by atomic mass is 10.2. The average Bonchev–Trinajstić information content (AvgIpc) is 2.75. The third kappa shape index (κ3) is 3.77. The lowest BCUT2D eigenvalue weighted by Crippen LogP contribution is -2.33. The predicted molar refractivity (Wildman–Crippen MR) is 72.6 cm³/mol. The highest BCUT2D eigenvalue weighted by molar-refractivity contribution is 5.95. The Balaban J connectivity index is 1.86. The highest BCUT2D eigenvalue weighted by Crippen LogP contribution is 2.10. The van der Waals surface area contributed by atoms with Crippen molar-refractivity contribution in [1.29, 1.82) is 0 Å². The fourth-order valence-corrected chi connectivity index (χ4v) is 2.13. The molecular weight excluding hydrogens is 244 g/mol. The molecule has 0 aromatic heterocycles. The van der Waals surface area contributed by atoms with Gasteiger partial charge >= 0.3 is 0 Å². The quantitative estimate of drug-likeness (QED) is 0.696. The molecule has 0 radical (unpaired) electrons. The van der Waals surface area contributed by atoms with E-state index in [2.05, 4.69) is 5.32 Å². The first kappa shape index (κ1) is 13.5. The second-order valence-corrected chi connectivity index (χ2v) is 4.77. The van der Waals surface area contributed by atoms with Crippen LogP contribution < -0.4 is 16.8 Å². The van der Waals surface area contributed by atoms with Gasteiger partial charge in [-0.1, -0.05) is 0 Å². The standard InChI is InChI=1S/C13H18N4O2/c14-10-5-6-17(7-10)8-12(18)16-11-3-1-9(2-4-11)13(15)19/h1-4,10H,5-8,14H2,(H2,15,19)(H,16,18)/t10-/m1/s1. The first-order valence-electron chi connectivity index (χ1n) is 6.22. The molecule has 1 heterocycles. The number of anilines is 1. The normalized spacial score (nSPS) is 19.3. The summed E-state index contributed by atoms with van der Waals surface area (Å²) in [6.45, 7) is 1.95. The molecule has 1 aliphatic heterocycles. The number of hydrogen-bond acceptors (Lipinski definition) is 4. The molecule has 19 heavy (non-hydrogen) atoms. The molecule has 0 spiro atoms. The largest absolute Gasteiger partial charge is 0.366 e. The van der Waals surface area contributed by atoms with Gasteiger partial charge in [-0.15, -0.1) is 0 Å². The number of benzene rings is 1. The number of carbonyl (C=O) groups excluding carboxylic acids is 2. The van der Waals surface area contributed by atoms with E-state index in [4.69, 9.17) is 11.5 Å². The molecule has 1 atom stereocenters. The van der Waals surface area contributed by atoms with Crippen molar-refractivity contribution in [3.8, 4) is 0 Å². The molecule has 5 N–H and O–H groups in total. The lowest BCUT2D eigenvalue weighted by molar-refractivity contribution is -0.117. The third-order valence-electron chi connectivity index (χ3n) is 3.13. The molecular formula is C13H18N4O2. The second-order valence-electron chi connectivity index (χ2n) is 4.77. The Morgan fingerprint density at radius 3 is 2.53 bits per heavy atom. The molecule has 0 bridgehead atoms. The minimum absolute atomic E-state index is 0.0825. The summed E-state index contributed by atoms with van der Waals surface area (Å²) in [6.07, 6.45) is 0.931. The van der Waals surface area contributed by atoms with Gasteiger partial charge in [0.2, 0.25) is 11.8 Å². The molecule has 1 saturated heterocycles. The molecule has 1 aromatic rings. The van der Waals surface area contributed by atoms with E-state index in [1.807, 2.05) is 4.90 Å². The molecule has 1 fully saturated rings. The van der Waals surface area contributed by atoms with Crippen molar-refractivity contribution in [3.05, 3.63) is 29.8 Å². The molecule has 2 amide bonds. The summed E-state index contributed by atoms with van der Waals surface area (Å²) in [4.78, 5) is 24.7. The van der Waals surface area contributed by atoms with E-state index >= 15 is 0 Å². The molecule has 1 aliphatic rings. The number of carbonyl (C=O) groups is 2. The first-order chi connectivity index (χ1) is 9.04. The maximum atomic E-state index is 11.8. The smallest absolute Gasteiger partial charge is 0.248 e. The van der Waals surface area contributed by atoms with E-state index in [0.717, 1.165) is 19.5 Å². The molecule has 1 aromatic carbocycles. The van der Waals surface area contributed by atoms with Crippen molar-refractivity contribution in [2.45, 2.75) is 12.5 Å². The average molecular weight is 262 g/mol. The third-order valence-corrected chi connectivity index (χ3v) is 3.13. The maximum Gasteiger partial charge on any atom is 0.248 e. The summed E-state index contributed by atoms with van der Waals surface area (Å²) in [5.41, 5.74) is 12.0. The molecule has 102 valence electrons. The number of hydrogen-bond donors (Lipinski definition) is 3. The Bertz CT molecular complexity index is 472. The zero-order valence-corrected chi connectivity index (χ0v) is 10.6. The van der Waals surface area contributed by atoms with Gasteiger partial charge in [0.05, 0.1) is 6.54 Å². The highest BCUT2D eigenvalue weighted by Gasteiger charge is 2.20. The van der Waals surface area contributed by atoms with Crippen molar-refractivity contribution in [2.75, 3.05) is 25.0 Å². The summed E-state index contributed by atoms with van der Waals surface area (Å²) in [6, 6.07) is 6.66. The first-order valence-corrected chi connectivity index (χ1v) is 6.22. The van der Waals surface area contributed by atoms with Crippen LogP contribution in [0.4, 0.5) is 5.69 Å². The molecule has 6 heteroatoms. The highest BCUT2D eigenvalue weighted by atomic mass is 16.2. The van der Waals surface area contributed by atoms with Crippen LogP contribution in [0, 0.1) is 0 Å². The van der Waals surface area contributed by atoms with Gasteiger partial charge in [-0.3, -0.25) is 14.5 Å². The van der Waals surface area contributed by atoms with Gasteiger partial charge in [0.25, 0.3) is 0 Å². The Kier molecular flexibility index (Phi) is 4.13. The molecule has 6 nitrogen and oxygen atoms in total. The van der Waals surface area contributed by atoms with Gasteiger partial charge in [0.1, 0.15) is 0 Å². The Morgan fingerprint density at radius 2 is 2.00 bits per heavy atom. The molecule has 0 unspecified atom stereocenters. The number of amides is 2. The maximum absolute atomic E-state index is 11.8. The van der Waals surface area contributed by atoms with E-state index < -0.39 is 5.91 Å². The zero-order valence-electron chi connectivity index (χ0n) is 10.6. The van der Waals surface area contributed by atoms with Gasteiger partial charge in [-0.05, 0) is 30.7 Å². The number of nitrogens with two attached hydrogens (primary N) is 2. The van der Waals surface area contributed by atoms with E-state index in [1.54, 1.807) is 24.3 Å². The fraction of sp³-hybridized carbons (Fsp3) is 0.385. The van der Waals surface area contributed by atoms with E-state index in [0.29, 0.717) is 17.8 Å². The molecule has 2 rings (SSSR count). The van der Waals surface area contributed by atoms with Gasteiger partial charge in [0, 0.05) is 30.4 Å². The van der Waals surface area contributed by atoms with Crippen LogP contribution in [-0.4, -0.2) is 42.4 Å². The van der Waals surface area contributed by atoms with Gasteiger partial charge in [-0.2, -0.15) is 0 Å². The topological polar surface area (TPSA) is 101 Å². The minimum Gasteiger partial charge on any atom is -0.366 e. The predicted octanol–water partition coefficient (Wildman–Crippen LogP) is -0.243. The number of primary amides is 1. The fourth-order valence-electron chi connectivity index (χ4n) is 2.13. The van der Waals surface area contributed by atoms with E-state index in [-0.39, 0.29) is 11.9 Å². The summed E-state index contributed by atoms with van der Waals surface area (Å²) in [5, 5.41) is 2.78. The van der Waals surface area contributed by atoms with Crippen LogP contribution in [0.5, 0.6) is 0 Å². The van der Waals surface area contributed by atoms with Crippen molar-refractivity contribution >= 4 is 17.5 Å². The van der Waals surface area contributed by atoms with Crippen LogP contribution in [0.25, 0.3) is 0 Å². The van der Waals surface area contributed by atoms with Gasteiger partial charge in [0.15, 0.2) is 0 Å². The van der Waals surface area contributed by atoms with Crippen LogP contribution in [0.1, 0.15) is 16.8 Å². The SMILES string of the molecule is NC(=O)c1ccc(NC(=O)CN2CC[C@@H](N)C2)cc1. The monoisotopic (exact) mass is 262 g/mol. The van der Waals surface area contributed by atoms with Crippen LogP contribution in [0.2, 0.25) is 0 Å². The molecule has 0 aliphatic carbocycles.